The molecule has 0 saturated heterocycles. The number of hydrogen-bond acceptors (Lipinski definition) is 6. The molecule has 0 saturated carbocycles. The summed E-state index contributed by atoms with van der Waals surface area (Å²) in [6.07, 6.45) is 0. The SMILES string of the molecule is Cc1noc2nc(C(C)C)cc(C(=O)NCCS(=O)(=O)NCc3ccccc3)c12. The van der Waals surface area contributed by atoms with Crippen molar-refractivity contribution in [2.45, 2.75) is 33.2 Å². The number of pyridine rings is 1. The molecule has 2 aromatic heterocycles. The normalized spacial score (nSPS) is 11.9. The Morgan fingerprint density at radius 2 is 1.93 bits per heavy atom. The van der Waals surface area contributed by atoms with Crippen LogP contribution in [0.3, 0.4) is 0 Å². The van der Waals surface area contributed by atoms with Crippen LogP contribution in [0.15, 0.2) is 40.9 Å². The highest BCUT2D eigenvalue weighted by Crippen LogP contribution is 2.24. The highest BCUT2D eigenvalue weighted by atomic mass is 32.2. The maximum absolute atomic E-state index is 12.7. The van der Waals surface area contributed by atoms with Crippen LogP contribution in [0, 0.1) is 6.92 Å². The summed E-state index contributed by atoms with van der Waals surface area (Å²) < 4.78 is 32.1. The molecule has 0 atom stereocenters. The van der Waals surface area contributed by atoms with Gasteiger partial charge in [0, 0.05) is 18.8 Å². The fourth-order valence-electron chi connectivity index (χ4n) is 2.84. The zero-order chi connectivity index (χ0) is 21.0. The van der Waals surface area contributed by atoms with Crippen molar-refractivity contribution in [1.29, 1.82) is 0 Å². The topological polar surface area (TPSA) is 114 Å². The van der Waals surface area contributed by atoms with Crippen molar-refractivity contribution >= 4 is 27.0 Å². The molecule has 0 bridgehead atoms. The number of fused-ring (bicyclic) bond motifs is 1. The van der Waals surface area contributed by atoms with Gasteiger partial charge in [0.25, 0.3) is 11.6 Å². The molecule has 154 valence electrons. The molecule has 29 heavy (non-hydrogen) atoms. The molecular weight excluding hydrogens is 392 g/mol. The molecule has 1 aromatic carbocycles. The quantitative estimate of drug-likeness (QED) is 0.583. The predicted octanol–water partition coefficient (Wildman–Crippen LogP) is 2.50. The average Bonchev–Trinajstić information content (AvgIpc) is 3.07. The van der Waals surface area contributed by atoms with E-state index in [-0.39, 0.29) is 30.7 Å². The van der Waals surface area contributed by atoms with Crippen LogP contribution in [-0.4, -0.2) is 36.8 Å². The molecular formula is C20H24N4O4S. The lowest BCUT2D eigenvalue weighted by molar-refractivity contribution is 0.0957. The molecule has 3 rings (SSSR count). The highest BCUT2D eigenvalue weighted by Gasteiger charge is 2.20. The van der Waals surface area contributed by atoms with E-state index in [9.17, 15) is 13.2 Å². The number of aryl methyl sites for hydroxylation is 1. The molecule has 9 heteroatoms. The average molecular weight is 417 g/mol. The second kappa shape index (κ2) is 8.71. The fourth-order valence-corrected chi connectivity index (χ4v) is 3.75. The van der Waals surface area contributed by atoms with Gasteiger partial charge in [-0.3, -0.25) is 4.79 Å². The number of carbonyl (C=O) groups is 1. The van der Waals surface area contributed by atoms with Gasteiger partial charge in [-0.1, -0.05) is 49.3 Å². The number of nitrogens with zero attached hydrogens (tertiary/aromatic N) is 2. The molecule has 2 heterocycles. The Hall–Kier alpha value is -2.78. The lowest BCUT2D eigenvalue weighted by Crippen LogP contribution is -2.34. The van der Waals surface area contributed by atoms with Gasteiger partial charge in [-0.05, 0) is 24.5 Å². The summed E-state index contributed by atoms with van der Waals surface area (Å²) in [5, 5.41) is 7.10. The van der Waals surface area contributed by atoms with E-state index in [1.165, 1.54) is 0 Å². The first-order valence-corrected chi connectivity index (χ1v) is 11.0. The van der Waals surface area contributed by atoms with Gasteiger partial charge in [0.05, 0.1) is 22.4 Å². The molecule has 0 aliphatic rings. The van der Waals surface area contributed by atoms with E-state index in [4.69, 9.17) is 4.52 Å². The molecule has 1 amide bonds. The molecule has 0 aliphatic carbocycles. The van der Waals surface area contributed by atoms with Gasteiger partial charge in [-0.25, -0.2) is 18.1 Å². The van der Waals surface area contributed by atoms with Crippen LogP contribution in [0.2, 0.25) is 0 Å². The Bertz CT molecular complexity index is 1110. The van der Waals surface area contributed by atoms with Crippen molar-refractivity contribution < 1.29 is 17.7 Å². The first-order chi connectivity index (χ1) is 13.8. The van der Waals surface area contributed by atoms with Crippen molar-refractivity contribution in [3.05, 3.63) is 58.9 Å². The van der Waals surface area contributed by atoms with E-state index in [0.29, 0.717) is 28.1 Å². The van der Waals surface area contributed by atoms with E-state index in [1.54, 1.807) is 13.0 Å². The van der Waals surface area contributed by atoms with Crippen molar-refractivity contribution in [3.8, 4) is 0 Å². The van der Waals surface area contributed by atoms with Crippen LogP contribution in [0.1, 0.15) is 47.1 Å². The summed E-state index contributed by atoms with van der Waals surface area (Å²) in [6.45, 7) is 5.85. The lowest BCUT2D eigenvalue weighted by Gasteiger charge is -2.10. The summed E-state index contributed by atoms with van der Waals surface area (Å²) in [5.74, 6) is -0.512. The van der Waals surface area contributed by atoms with E-state index in [2.05, 4.69) is 20.2 Å². The largest absolute Gasteiger partial charge is 0.351 e. The number of aromatic nitrogens is 2. The number of carbonyl (C=O) groups excluding carboxylic acids is 1. The van der Waals surface area contributed by atoms with Crippen molar-refractivity contribution in [2.24, 2.45) is 0 Å². The smallest absolute Gasteiger partial charge is 0.259 e. The lowest BCUT2D eigenvalue weighted by atomic mass is 10.0. The Balaban J connectivity index is 1.65. The predicted molar refractivity (Wildman–Crippen MR) is 110 cm³/mol. The molecule has 0 unspecified atom stereocenters. The molecule has 0 aliphatic heterocycles. The number of hydrogen-bond donors (Lipinski definition) is 2. The van der Waals surface area contributed by atoms with E-state index in [1.807, 2.05) is 44.2 Å². The number of rotatable bonds is 8. The third-order valence-corrected chi connectivity index (χ3v) is 5.79. The number of benzene rings is 1. The number of nitrogens with one attached hydrogen (secondary N) is 2. The molecule has 0 spiro atoms. The van der Waals surface area contributed by atoms with Gasteiger partial charge in [-0.15, -0.1) is 0 Å². The Morgan fingerprint density at radius 3 is 2.62 bits per heavy atom. The van der Waals surface area contributed by atoms with Crippen LogP contribution in [0.5, 0.6) is 0 Å². The maximum atomic E-state index is 12.7. The minimum atomic E-state index is -3.53. The van der Waals surface area contributed by atoms with Crippen molar-refractivity contribution in [2.75, 3.05) is 12.3 Å². The Labute approximate surface area is 169 Å². The first kappa shape index (κ1) is 20.9. The summed E-state index contributed by atoms with van der Waals surface area (Å²) in [5.41, 5.74) is 2.81. The first-order valence-electron chi connectivity index (χ1n) is 9.33. The molecule has 3 aromatic rings. The monoisotopic (exact) mass is 416 g/mol. The van der Waals surface area contributed by atoms with Crippen LogP contribution < -0.4 is 10.0 Å². The summed E-state index contributed by atoms with van der Waals surface area (Å²) >= 11 is 0. The van der Waals surface area contributed by atoms with Gasteiger partial charge in [0.1, 0.15) is 0 Å². The third kappa shape index (κ3) is 5.18. The Kier molecular flexibility index (Phi) is 6.29. The van der Waals surface area contributed by atoms with E-state index < -0.39 is 10.0 Å². The summed E-state index contributed by atoms with van der Waals surface area (Å²) in [7, 11) is -3.53. The van der Waals surface area contributed by atoms with Crippen LogP contribution in [0.4, 0.5) is 0 Å². The number of sulfonamides is 1. The zero-order valence-electron chi connectivity index (χ0n) is 16.6. The van der Waals surface area contributed by atoms with Crippen LogP contribution in [-0.2, 0) is 16.6 Å². The molecule has 8 nitrogen and oxygen atoms in total. The molecule has 0 fully saturated rings. The van der Waals surface area contributed by atoms with Gasteiger partial charge in [-0.2, -0.15) is 0 Å². The van der Waals surface area contributed by atoms with Crippen LogP contribution >= 0.6 is 0 Å². The van der Waals surface area contributed by atoms with Crippen molar-refractivity contribution in [3.63, 3.8) is 0 Å². The van der Waals surface area contributed by atoms with Gasteiger partial charge < -0.3 is 9.84 Å². The van der Waals surface area contributed by atoms with Crippen LogP contribution in [0.25, 0.3) is 11.1 Å². The van der Waals surface area contributed by atoms with E-state index in [0.717, 1.165) is 5.56 Å². The molecule has 0 radical (unpaired) electrons. The minimum absolute atomic E-state index is 0.0197. The minimum Gasteiger partial charge on any atom is -0.351 e. The standard InChI is InChI=1S/C20H24N4O4S/c1-13(2)17-11-16(18-14(3)24-28-20(18)23-17)19(25)21-9-10-29(26,27)22-12-15-7-5-4-6-8-15/h4-8,11,13,22H,9-10,12H2,1-3H3,(H,21,25). The van der Waals surface area contributed by atoms with Gasteiger partial charge in [0.15, 0.2) is 0 Å². The zero-order valence-corrected chi connectivity index (χ0v) is 17.4. The fraction of sp³-hybridized carbons (Fsp3) is 0.350. The van der Waals surface area contributed by atoms with Crippen molar-refractivity contribution in [1.82, 2.24) is 20.2 Å². The highest BCUT2D eigenvalue weighted by molar-refractivity contribution is 7.89. The molecule has 2 N–H and O–H groups in total. The number of amides is 1. The second-order valence-corrected chi connectivity index (χ2v) is 9.01. The van der Waals surface area contributed by atoms with E-state index >= 15 is 0 Å². The summed E-state index contributed by atoms with van der Waals surface area (Å²) in [4.78, 5) is 17.1. The maximum Gasteiger partial charge on any atom is 0.259 e. The van der Waals surface area contributed by atoms with Gasteiger partial charge in [0.2, 0.25) is 10.0 Å². The summed E-state index contributed by atoms with van der Waals surface area (Å²) in [6, 6.07) is 10.9. The second-order valence-electron chi connectivity index (χ2n) is 7.08. The Morgan fingerprint density at radius 1 is 1.21 bits per heavy atom. The third-order valence-electron chi connectivity index (χ3n) is 4.47. The van der Waals surface area contributed by atoms with Gasteiger partial charge >= 0.3 is 0 Å².